The zero-order valence-electron chi connectivity index (χ0n) is 11.6. The summed E-state index contributed by atoms with van der Waals surface area (Å²) >= 11 is 7.47. The molecule has 0 saturated carbocycles. The standard InChI is InChI=1S/C16H17ClN2S/c1-11-6-7-12(2)15(8-11)19-16(18)20-10-13-4-3-5-14(17)9-13/h3-9H,10H2,1-2H3,(H2,18,19). The van der Waals surface area contributed by atoms with Crippen LogP contribution in [-0.2, 0) is 5.75 Å². The van der Waals surface area contributed by atoms with E-state index in [2.05, 4.69) is 17.1 Å². The highest BCUT2D eigenvalue weighted by Crippen LogP contribution is 2.22. The van der Waals surface area contributed by atoms with Gasteiger partial charge in [0.25, 0.3) is 0 Å². The minimum Gasteiger partial charge on any atom is -0.378 e. The summed E-state index contributed by atoms with van der Waals surface area (Å²) in [7, 11) is 0. The number of hydrogen-bond acceptors (Lipinski definition) is 2. The van der Waals surface area contributed by atoms with E-state index < -0.39 is 0 Å². The first-order valence-electron chi connectivity index (χ1n) is 6.33. The second kappa shape index (κ2) is 6.82. The van der Waals surface area contributed by atoms with Crippen molar-refractivity contribution in [2.24, 2.45) is 10.7 Å². The van der Waals surface area contributed by atoms with Crippen molar-refractivity contribution in [2.75, 3.05) is 0 Å². The van der Waals surface area contributed by atoms with E-state index in [1.165, 1.54) is 17.3 Å². The molecule has 2 aromatic carbocycles. The van der Waals surface area contributed by atoms with E-state index >= 15 is 0 Å². The molecule has 2 rings (SSSR count). The zero-order chi connectivity index (χ0) is 14.5. The van der Waals surface area contributed by atoms with Gasteiger partial charge in [0.2, 0.25) is 0 Å². The Labute approximate surface area is 129 Å². The molecule has 0 radical (unpaired) electrons. The molecule has 0 fully saturated rings. The number of aliphatic imine (C=N–C) groups is 1. The smallest absolute Gasteiger partial charge is 0.159 e. The van der Waals surface area contributed by atoms with E-state index in [-0.39, 0.29) is 0 Å². The van der Waals surface area contributed by atoms with Gasteiger partial charge in [0.05, 0.1) is 5.69 Å². The minimum absolute atomic E-state index is 0.568. The third-order valence-corrected chi connectivity index (χ3v) is 3.97. The highest BCUT2D eigenvalue weighted by atomic mass is 35.5. The predicted octanol–water partition coefficient (Wildman–Crippen LogP) is 4.84. The first-order valence-corrected chi connectivity index (χ1v) is 7.69. The lowest BCUT2D eigenvalue weighted by Crippen LogP contribution is -2.06. The first-order chi connectivity index (χ1) is 9.54. The Kier molecular flexibility index (Phi) is 5.10. The Balaban J connectivity index is 2.06. The third-order valence-electron chi connectivity index (χ3n) is 2.87. The maximum absolute atomic E-state index is 5.99. The van der Waals surface area contributed by atoms with Crippen LogP contribution in [0.25, 0.3) is 0 Å². The van der Waals surface area contributed by atoms with Crippen LogP contribution in [0.1, 0.15) is 16.7 Å². The molecule has 104 valence electrons. The summed E-state index contributed by atoms with van der Waals surface area (Å²) in [6, 6.07) is 14.0. The van der Waals surface area contributed by atoms with Crippen LogP contribution < -0.4 is 5.73 Å². The van der Waals surface area contributed by atoms with Crippen molar-refractivity contribution in [1.82, 2.24) is 0 Å². The number of benzene rings is 2. The van der Waals surface area contributed by atoms with Crippen LogP contribution in [0.2, 0.25) is 5.02 Å². The summed E-state index contributed by atoms with van der Waals surface area (Å²) in [4.78, 5) is 4.48. The van der Waals surface area contributed by atoms with E-state index in [0.717, 1.165) is 27.6 Å². The van der Waals surface area contributed by atoms with Crippen molar-refractivity contribution in [3.05, 3.63) is 64.2 Å². The Bertz CT molecular complexity index is 638. The third kappa shape index (κ3) is 4.29. The summed E-state index contributed by atoms with van der Waals surface area (Å²) < 4.78 is 0. The number of halogens is 1. The van der Waals surface area contributed by atoms with Crippen LogP contribution in [0.15, 0.2) is 47.5 Å². The highest BCUT2D eigenvalue weighted by Gasteiger charge is 2.01. The Morgan fingerprint density at radius 3 is 2.75 bits per heavy atom. The van der Waals surface area contributed by atoms with Crippen molar-refractivity contribution >= 4 is 34.2 Å². The summed E-state index contributed by atoms with van der Waals surface area (Å²) in [5.74, 6) is 0.765. The SMILES string of the molecule is Cc1ccc(C)c(N=C(N)SCc2cccc(Cl)c2)c1. The molecule has 0 aliphatic carbocycles. The largest absolute Gasteiger partial charge is 0.378 e. The lowest BCUT2D eigenvalue weighted by molar-refractivity contribution is 1.35. The molecule has 0 atom stereocenters. The fraction of sp³-hybridized carbons (Fsp3) is 0.188. The Morgan fingerprint density at radius 1 is 1.20 bits per heavy atom. The van der Waals surface area contributed by atoms with Gasteiger partial charge in [0.15, 0.2) is 5.17 Å². The lowest BCUT2D eigenvalue weighted by atomic mass is 10.1. The highest BCUT2D eigenvalue weighted by molar-refractivity contribution is 8.13. The number of nitrogens with zero attached hydrogens (tertiary/aromatic N) is 1. The second-order valence-electron chi connectivity index (χ2n) is 4.66. The molecule has 0 unspecified atom stereocenters. The van der Waals surface area contributed by atoms with Crippen LogP contribution in [0.3, 0.4) is 0 Å². The molecule has 20 heavy (non-hydrogen) atoms. The Hall–Kier alpha value is -1.45. The lowest BCUT2D eigenvalue weighted by Gasteiger charge is -2.05. The van der Waals surface area contributed by atoms with Crippen molar-refractivity contribution in [3.63, 3.8) is 0 Å². The van der Waals surface area contributed by atoms with Crippen LogP contribution in [-0.4, -0.2) is 5.17 Å². The molecule has 0 bridgehead atoms. The number of amidine groups is 1. The topological polar surface area (TPSA) is 38.4 Å². The van der Waals surface area contributed by atoms with E-state index in [9.17, 15) is 0 Å². The number of hydrogen-bond donors (Lipinski definition) is 1. The van der Waals surface area contributed by atoms with Gasteiger partial charge < -0.3 is 5.73 Å². The van der Waals surface area contributed by atoms with E-state index in [1.807, 2.05) is 44.2 Å². The number of rotatable bonds is 3. The predicted molar refractivity (Wildman–Crippen MR) is 89.9 cm³/mol. The maximum atomic E-state index is 5.99. The van der Waals surface area contributed by atoms with Gasteiger partial charge in [-0.2, -0.15) is 0 Å². The average Bonchev–Trinajstić information content (AvgIpc) is 2.41. The van der Waals surface area contributed by atoms with Gasteiger partial charge in [-0.3, -0.25) is 0 Å². The molecule has 2 N–H and O–H groups in total. The van der Waals surface area contributed by atoms with Gasteiger partial charge >= 0.3 is 0 Å². The first kappa shape index (κ1) is 14.9. The minimum atomic E-state index is 0.568. The molecule has 0 aliphatic rings. The van der Waals surface area contributed by atoms with Gasteiger partial charge in [0.1, 0.15) is 0 Å². The van der Waals surface area contributed by atoms with Gasteiger partial charge in [-0.1, -0.05) is 47.6 Å². The van der Waals surface area contributed by atoms with Crippen LogP contribution >= 0.6 is 23.4 Å². The molecule has 0 aromatic heterocycles. The maximum Gasteiger partial charge on any atom is 0.159 e. The fourth-order valence-electron chi connectivity index (χ4n) is 1.77. The average molecular weight is 305 g/mol. The fourth-order valence-corrected chi connectivity index (χ4v) is 2.64. The summed E-state index contributed by atoms with van der Waals surface area (Å²) in [5.41, 5.74) is 10.4. The summed E-state index contributed by atoms with van der Waals surface area (Å²) in [6.07, 6.45) is 0. The van der Waals surface area contributed by atoms with Crippen molar-refractivity contribution < 1.29 is 0 Å². The van der Waals surface area contributed by atoms with Crippen molar-refractivity contribution in [2.45, 2.75) is 19.6 Å². The monoisotopic (exact) mass is 304 g/mol. The van der Waals surface area contributed by atoms with Gasteiger partial charge in [-0.25, -0.2) is 4.99 Å². The second-order valence-corrected chi connectivity index (χ2v) is 6.09. The molecule has 0 saturated heterocycles. The molecular weight excluding hydrogens is 288 g/mol. The molecule has 0 amide bonds. The van der Waals surface area contributed by atoms with E-state index in [1.54, 1.807) is 0 Å². The molecule has 2 nitrogen and oxygen atoms in total. The quantitative estimate of drug-likeness (QED) is 0.651. The number of nitrogens with two attached hydrogens (primary N) is 1. The molecule has 0 spiro atoms. The van der Waals surface area contributed by atoms with Gasteiger partial charge in [-0.05, 0) is 48.7 Å². The van der Waals surface area contributed by atoms with Crippen LogP contribution in [0, 0.1) is 13.8 Å². The molecule has 4 heteroatoms. The van der Waals surface area contributed by atoms with Crippen LogP contribution in [0.4, 0.5) is 5.69 Å². The summed E-state index contributed by atoms with van der Waals surface area (Å²) in [6.45, 7) is 4.08. The van der Waals surface area contributed by atoms with E-state index in [0.29, 0.717) is 5.17 Å². The van der Waals surface area contributed by atoms with Gasteiger partial charge in [0, 0.05) is 10.8 Å². The van der Waals surface area contributed by atoms with Crippen LogP contribution in [0.5, 0.6) is 0 Å². The van der Waals surface area contributed by atoms with Gasteiger partial charge in [-0.15, -0.1) is 0 Å². The molecule has 0 aliphatic heterocycles. The van der Waals surface area contributed by atoms with Crippen molar-refractivity contribution in [1.29, 1.82) is 0 Å². The molecular formula is C16H17ClN2S. The normalized spacial score (nSPS) is 11.7. The Morgan fingerprint density at radius 2 is 2.00 bits per heavy atom. The number of thioether (sulfide) groups is 1. The summed E-state index contributed by atoms with van der Waals surface area (Å²) in [5, 5.41) is 1.31. The molecule has 0 heterocycles. The number of aryl methyl sites for hydroxylation is 2. The van der Waals surface area contributed by atoms with E-state index in [4.69, 9.17) is 17.3 Å². The molecule has 2 aromatic rings. The van der Waals surface area contributed by atoms with Crippen molar-refractivity contribution in [3.8, 4) is 0 Å². The zero-order valence-corrected chi connectivity index (χ0v) is 13.1.